The Bertz CT molecular complexity index is 4040. The fourth-order valence-corrected chi connectivity index (χ4v) is 10.3. The first kappa shape index (κ1) is 41.7. The van der Waals surface area contributed by atoms with Crippen molar-refractivity contribution in [1.29, 1.82) is 0 Å². The van der Waals surface area contributed by atoms with E-state index >= 15 is 0 Å². The van der Waals surface area contributed by atoms with Gasteiger partial charge in [-0.3, -0.25) is 0 Å². The number of hydrogen-bond acceptors (Lipinski definition) is 2. The lowest BCUT2D eigenvalue weighted by Gasteiger charge is -2.26. The maximum absolute atomic E-state index is 7.14. The number of aromatic nitrogens is 1. The molecule has 0 aliphatic rings. The SMILES string of the molecule is C(=C(/c1ccc(-c2ccccc2)cc1)c1cc(N(c2ccccc2)c2ccc(-c3ccccc3)cc2)c2oc3ccc(-c4ccc5c6ccccc6n(-c6ccccc6)c5c4)cc3c2c1)/c1ccccc1. The molecule has 3 heteroatoms. The van der Waals surface area contributed by atoms with Crippen molar-refractivity contribution in [3.63, 3.8) is 0 Å². The van der Waals surface area contributed by atoms with Crippen molar-refractivity contribution in [2.45, 2.75) is 0 Å². The number of furan rings is 1. The highest BCUT2D eigenvalue weighted by atomic mass is 16.3. The summed E-state index contributed by atoms with van der Waals surface area (Å²) >= 11 is 0. The first-order valence-electron chi connectivity index (χ1n) is 24.2. The minimum Gasteiger partial charge on any atom is -0.454 e. The Morgan fingerprint density at radius 1 is 0.352 bits per heavy atom. The van der Waals surface area contributed by atoms with Gasteiger partial charge in [0, 0.05) is 38.6 Å². The monoisotopic (exact) mass is 906 g/mol. The Labute approximate surface area is 413 Å². The van der Waals surface area contributed by atoms with Gasteiger partial charge in [-0.2, -0.15) is 0 Å². The zero-order valence-electron chi connectivity index (χ0n) is 38.9. The van der Waals surface area contributed by atoms with E-state index < -0.39 is 0 Å². The van der Waals surface area contributed by atoms with E-state index in [1.807, 2.05) is 0 Å². The average molecular weight is 907 g/mol. The summed E-state index contributed by atoms with van der Waals surface area (Å²) in [5.74, 6) is 0. The number of nitrogens with zero attached hydrogens (tertiary/aromatic N) is 2. The molecular weight excluding hydrogens is 861 g/mol. The van der Waals surface area contributed by atoms with Crippen LogP contribution < -0.4 is 4.90 Å². The second kappa shape index (κ2) is 17.9. The number of anilines is 3. The largest absolute Gasteiger partial charge is 0.454 e. The lowest BCUT2D eigenvalue weighted by atomic mass is 9.92. The van der Waals surface area contributed by atoms with Crippen molar-refractivity contribution in [3.8, 4) is 39.1 Å². The zero-order valence-corrected chi connectivity index (χ0v) is 38.9. The Morgan fingerprint density at radius 3 is 1.56 bits per heavy atom. The fraction of sp³-hybridized carbons (Fsp3) is 0. The van der Waals surface area contributed by atoms with Crippen LogP contribution in [-0.4, -0.2) is 4.57 Å². The van der Waals surface area contributed by atoms with Crippen LogP contribution in [0, 0.1) is 0 Å². The van der Waals surface area contributed by atoms with E-state index in [1.54, 1.807) is 0 Å². The van der Waals surface area contributed by atoms with E-state index in [1.165, 1.54) is 38.5 Å². The Hall–Kier alpha value is -9.44. The number of hydrogen-bond donors (Lipinski definition) is 0. The second-order valence-corrected chi connectivity index (χ2v) is 18.1. The van der Waals surface area contributed by atoms with Crippen LogP contribution in [0.1, 0.15) is 16.7 Å². The number of benzene rings is 11. The van der Waals surface area contributed by atoms with E-state index in [4.69, 9.17) is 4.42 Å². The first-order chi connectivity index (χ1) is 35.2. The van der Waals surface area contributed by atoms with Gasteiger partial charge in [-0.25, -0.2) is 0 Å². The fourth-order valence-electron chi connectivity index (χ4n) is 10.3. The minimum absolute atomic E-state index is 0.815. The smallest absolute Gasteiger partial charge is 0.159 e. The highest BCUT2D eigenvalue weighted by Crippen LogP contribution is 2.46. The van der Waals surface area contributed by atoms with E-state index in [0.717, 1.165) is 83.6 Å². The van der Waals surface area contributed by atoms with Gasteiger partial charge in [0.05, 0.1) is 16.7 Å². The average Bonchev–Trinajstić information content (AvgIpc) is 3.99. The van der Waals surface area contributed by atoms with Gasteiger partial charge >= 0.3 is 0 Å². The van der Waals surface area contributed by atoms with E-state index in [2.05, 4.69) is 289 Å². The lowest BCUT2D eigenvalue weighted by Crippen LogP contribution is -2.10. The van der Waals surface area contributed by atoms with Crippen molar-refractivity contribution in [2.24, 2.45) is 0 Å². The lowest BCUT2D eigenvalue weighted by molar-refractivity contribution is 0.669. The maximum Gasteiger partial charge on any atom is 0.159 e. The van der Waals surface area contributed by atoms with Crippen LogP contribution in [0.25, 0.3) is 94.5 Å². The van der Waals surface area contributed by atoms with Gasteiger partial charge < -0.3 is 13.9 Å². The normalized spacial score (nSPS) is 11.7. The molecule has 0 unspecified atom stereocenters. The minimum atomic E-state index is 0.815. The third kappa shape index (κ3) is 7.76. The molecule has 0 saturated heterocycles. The summed E-state index contributed by atoms with van der Waals surface area (Å²) in [4.78, 5) is 2.35. The Morgan fingerprint density at radius 2 is 0.873 bits per heavy atom. The van der Waals surface area contributed by atoms with Crippen LogP contribution in [-0.2, 0) is 0 Å². The predicted octanol–water partition coefficient (Wildman–Crippen LogP) is 18.7. The number of fused-ring (bicyclic) bond motifs is 6. The van der Waals surface area contributed by atoms with E-state index in [-0.39, 0.29) is 0 Å². The molecule has 0 N–H and O–H groups in total. The quantitative estimate of drug-likeness (QED) is 0.128. The zero-order chi connectivity index (χ0) is 47.1. The predicted molar refractivity (Wildman–Crippen MR) is 299 cm³/mol. The molecule has 0 aliphatic heterocycles. The molecule has 0 fully saturated rings. The van der Waals surface area contributed by atoms with Crippen molar-refractivity contribution < 1.29 is 4.42 Å². The molecule has 0 aliphatic carbocycles. The molecule has 71 heavy (non-hydrogen) atoms. The van der Waals surface area contributed by atoms with Crippen molar-refractivity contribution in [1.82, 2.24) is 4.57 Å². The maximum atomic E-state index is 7.14. The Kier molecular flexibility index (Phi) is 10.5. The van der Waals surface area contributed by atoms with Crippen LogP contribution in [0.2, 0.25) is 0 Å². The molecule has 0 saturated carbocycles. The van der Waals surface area contributed by atoms with Crippen LogP contribution in [0.5, 0.6) is 0 Å². The molecule has 2 aromatic heterocycles. The van der Waals surface area contributed by atoms with Gasteiger partial charge in [0.1, 0.15) is 5.58 Å². The summed E-state index contributed by atoms with van der Waals surface area (Å²) in [5.41, 5.74) is 19.5. The van der Waals surface area contributed by atoms with Crippen LogP contribution in [0.3, 0.4) is 0 Å². The number of para-hydroxylation sites is 3. The summed E-state index contributed by atoms with van der Waals surface area (Å²) in [6.45, 7) is 0. The summed E-state index contributed by atoms with van der Waals surface area (Å²) in [6.07, 6.45) is 2.32. The van der Waals surface area contributed by atoms with Crippen molar-refractivity contribution in [3.05, 3.63) is 290 Å². The van der Waals surface area contributed by atoms with Crippen LogP contribution >= 0.6 is 0 Å². The molecule has 3 nitrogen and oxygen atoms in total. The third-order valence-electron chi connectivity index (χ3n) is 13.8. The van der Waals surface area contributed by atoms with Gasteiger partial charge in [-0.1, -0.05) is 200 Å². The first-order valence-corrected chi connectivity index (χ1v) is 24.2. The summed E-state index contributed by atoms with van der Waals surface area (Å²) in [7, 11) is 0. The molecule has 0 atom stereocenters. The number of rotatable bonds is 10. The van der Waals surface area contributed by atoms with Gasteiger partial charge in [-0.15, -0.1) is 0 Å². The van der Waals surface area contributed by atoms with Crippen LogP contribution in [0.4, 0.5) is 17.1 Å². The van der Waals surface area contributed by atoms with Crippen molar-refractivity contribution in [2.75, 3.05) is 4.90 Å². The molecule has 11 aromatic carbocycles. The molecule has 13 rings (SSSR count). The molecule has 0 spiro atoms. The van der Waals surface area contributed by atoms with Gasteiger partial charge in [0.25, 0.3) is 0 Å². The highest BCUT2D eigenvalue weighted by Gasteiger charge is 2.23. The van der Waals surface area contributed by atoms with Gasteiger partial charge in [0.15, 0.2) is 5.58 Å². The molecule has 13 aromatic rings. The molecular formula is C68H46N2O. The third-order valence-corrected chi connectivity index (χ3v) is 13.8. The van der Waals surface area contributed by atoms with E-state index in [9.17, 15) is 0 Å². The summed E-state index contributed by atoms with van der Waals surface area (Å²) < 4.78 is 9.52. The van der Waals surface area contributed by atoms with Gasteiger partial charge in [0.2, 0.25) is 0 Å². The van der Waals surface area contributed by atoms with E-state index in [0.29, 0.717) is 0 Å². The second-order valence-electron chi connectivity index (χ2n) is 18.1. The van der Waals surface area contributed by atoms with Gasteiger partial charge in [-0.05, 0) is 135 Å². The van der Waals surface area contributed by atoms with Crippen molar-refractivity contribution >= 4 is 72.5 Å². The Balaban J connectivity index is 1.04. The molecule has 334 valence electrons. The molecule has 0 bridgehead atoms. The molecule has 0 amide bonds. The highest BCUT2D eigenvalue weighted by molar-refractivity contribution is 6.14. The molecule has 0 radical (unpaired) electrons. The summed E-state index contributed by atoms with van der Waals surface area (Å²) in [6, 6.07) is 97.9. The standard InChI is InChI=1S/C68H46N2O/c1-6-18-47(19-7-1)42-61(52-32-30-50(31-33-52)48-20-8-2-9-21-48)55-44-63-62-43-53(54-36-40-60-59-28-16-17-29-64(59)70(65(60)45-54)57-26-14-5-15-27-57)37-41-67(62)71-68(63)66(46-55)69(56-24-12-4-13-25-56)58-38-34-51(35-39-58)49-22-10-3-11-23-49/h1-46H/b61-42+. The summed E-state index contributed by atoms with van der Waals surface area (Å²) in [5, 5.41) is 4.55. The topological polar surface area (TPSA) is 21.3 Å². The van der Waals surface area contributed by atoms with Crippen LogP contribution in [0.15, 0.2) is 277 Å². The molecule has 2 heterocycles.